The molecule has 8 nitrogen and oxygen atoms in total. The van der Waals surface area contributed by atoms with Crippen molar-refractivity contribution >= 4 is 28.6 Å². The molecule has 0 atom stereocenters. The third-order valence-corrected chi connectivity index (χ3v) is 5.27. The van der Waals surface area contributed by atoms with Gasteiger partial charge in [0.05, 0.1) is 30.8 Å². The molecule has 0 radical (unpaired) electrons. The zero-order chi connectivity index (χ0) is 21.1. The lowest BCUT2D eigenvalue weighted by Gasteiger charge is -2.31. The molecule has 1 aromatic heterocycles. The monoisotopic (exact) mass is 411 g/mol. The van der Waals surface area contributed by atoms with Crippen molar-refractivity contribution in [2.24, 2.45) is 0 Å². The number of hydrogen-bond donors (Lipinski definition) is 1. The molecule has 2 aromatic carbocycles. The van der Waals surface area contributed by atoms with Crippen LogP contribution >= 0.6 is 0 Å². The van der Waals surface area contributed by atoms with Crippen LogP contribution < -0.4 is 5.32 Å². The van der Waals surface area contributed by atoms with E-state index in [-0.39, 0.29) is 24.3 Å². The van der Waals surface area contributed by atoms with E-state index in [9.17, 15) is 14.0 Å². The molecule has 2 heterocycles. The molecule has 1 amide bonds. The van der Waals surface area contributed by atoms with Crippen molar-refractivity contribution in [1.29, 1.82) is 0 Å². The summed E-state index contributed by atoms with van der Waals surface area (Å²) in [5, 5.41) is 11.1. The average molecular weight is 411 g/mol. The number of anilines is 1. The second-order valence-electron chi connectivity index (χ2n) is 7.29. The molecule has 0 spiro atoms. The molecule has 0 unspecified atom stereocenters. The highest BCUT2D eigenvalue weighted by Crippen LogP contribution is 2.25. The molecule has 4 rings (SSSR count). The number of benzene rings is 2. The van der Waals surface area contributed by atoms with Crippen LogP contribution in [-0.2, 0) is 9.53 Å². The smallest absolute Gasteiger partial charge is 0.337 e. The van der Waals surface area contributed by atoms with E-state index in [0.29, 0.717) is 16.8 Å². The van der Waals surface area contributed by atoms with Crippen LogP contribution in [0.3, 0.4) is 0 Å². The van der Waals surface area contributed by atoms with Gasteiger partial charge in [-0.15, -0.1) is 5.10 Å². The summed E-state index contributed by atoms with van der Waals surface area (Å²) in [5.41, 5.74) is 2.30. The summed E-state index contributed by atoms with van der Waals surface area (Å²) in [4.78, 5) is 26.1. The molecule has 0 saturated carbocycles. The van der Waals surface area contributed by atoms with Crippen molar-refractivity contribution in [3.63, 3.8) is 0 Å². The van der Waals surface area contributed by atoms with Gasteiger partial charge in [-0.05, 0) is 43.2 Å². The molecule has 3 aromatic rings. The van der Waals surface area contributed by atoms with Crippen LogP contribution in [0.15, 0.2) is 42.5 Å². The number of ether oxygens (including phenoxy) is 1. The number of hydrogen-bond acceptors (Lipinski definition) is 6. The Morgan fingerprint density at radius 1 is 1.20 bits per heavy atom. The Bertz CT molecular complexity index is 1080. The average Bonchev–Trinajstić information content (AvgIpc) is 3.16. The normalized spacial score (nSPS) is 15.3. The lowest BCUT2D eigenvalue weighted by atomic mass is 10.0. The molecular weight excluding hydrogens is 389 g/mol. The summed E-state index contributed by atoms with van der Waals surface area (Å²) >= 11 is 0. The standard InChI is InChI=1S/C21H22FN5O3/c1-30-21(29)14-3-2-4-16(11-14)23-20(28)13-26-9-7-17(8-10-26)27-19-6-5-15(22)12-18(19)24-25-27/h2-6,11-12,17H,7-10,13H2,1H3,(H,23,28). The first-order valence-corrected chi connectivity index (χ1v) is 9.74. The highest BCUT2D eigenvalue weighted by atomic mass is 19.1. The minimum atomic E-state index is -0.448. The van der Waals surface area contributed by atoms with Gasteiger partial charge in [0, 0.05) is 24.8 Å². The van der Waals surface area contributed by atoms with Crippen molar-refractivity contribution in [2.75, 3.05) is 32.1 Å². The number of aromatic nitrogens is 3. The number of nitrogens with zero attached hydrogens (tertiary/aromatic N) is 4. The molecule has 1 aliphatic rings. The van der Waals surface area contributed by atoms with E-state index in [1.165, 1.54) is 19.2 Å². The van der Waals surface area contributed by atoms with Crippen molar-refractivity contribution in [3.8, 4) is 0 Å². The Morgan fingerprint density at radius 3 is 2.77 bits per heavy atom. The lowest BCUT2D eigenvalue weighted by molar-refractivity contribution is -0.117. The van der Waals surface area contributed by atoms with E-state index >= 15 is 0 Å². The maximum Gasteiger partial charge on any atom is 0.337 e. The molecule has 0 aliphatic carbocycles. The molecular formula is C21H22FN5O3. The van der Waals surface area contributed by atoms with Gasteiger partial charge in [0.1, 0.15) is 11.3 Å². The number of carbonyl (C=O) groups is 2. The van der Waals surface area contributed by atoms with Gasteiger partial charge in [0.15, 0.2) is 0 Å². The van der Waals surface area contributed by atoms with Crippen LogP contribution in [0, 0.1) is 5.82 Å². The number of rotatable bonds is 5. The largest absolute Gasteiger partial charge is 0.465 e. The summed E-state index contributed by atoms with van der Waals surface area (Å²) in [6.07, 6.45) is 1.64. The Morgan fingerprint density at radius 2 is 2.00 bits per heavy atom. The van der Waals surface area contributed by atoms with Gasteiger partial charge >= 0.3 is 5.97 Å². The van der Waals surface area contributed by atoms with Gasteiger partial charge in [0.25, 0.3) is 0 Å². The quantitative estimate of drug-likeness (QED) is 0.650. The van der Waals surface area contributed by atoms with Crippen molar-refractivity contribution in [3.05, 3.63) is 53.8 Å². The molecule has 0 bridgehead atoms. The van der Waals surface area contributed by atoms with Gasteiger partial charge in [-0.25, -0.2) is 13.9 Å². The highest BCUT2D eigenvalue weighted by Gasteiger charge is 2.24. The van der Waals surface area contributed by atoms with E-state index in [1.54, 1.807) is 30.3 Å². The molecule has 1 fully saturated rings. The first kappa shape index (κ1) is 20.0. The van der Waals surface area contributed by atoms with Crippen LogP contribution in [0.25, 0.3) is 11.0 Å². The van der Waals surface area contributed by atoms with E-state index in [4.69, 9.17) is 4.74 Å². The van der Waals surface area contributed by atoms with Crippen LogP contribution in [0.2, 0.25) is 0 Å². The van der Waals surface area contributed by atoms with Gasteiger partial charge < -0.3 is 10.1 Å². The Labute approximate surface area is 172 Å². The predicted molar refractivity (Wildman–Crippen MR) is 109 cm³/mol. The summed E-state index contributed by atoms with van der Waals surface area (Å²) in [7, 11) is 1.32. The van der Waals surface area contributed by atoms with E-state index in [0.717, 1.165) is 31.4 Å². The Kier molecular flexibility index (Phi) is 5.71. The van der Waals surface area contributed by atoms with Crippen molar-refractivity contribution in [1.82, 2.24) is 19.9 Å². The first-order valence-electron chi connectivity index (χ1n) is 9.74. The molecule has 1 N–H and O–H groups in total. The van der Waals surface area contributed by atoms with Gasteiger partial charge in [-0.1, -0.05) is 11.3 Å². The van der Waals surface area contributed by atoms with Crippen molar-refractivity contribution in [2.45, 2.75) is 18.9 Å². The molecule has 30 heavy (non-hydrogen) atoms. The van der Waals surface area contributed by atoms with Crippen LogP contribution in [0.1, 0.15) is 29.2 Å². The van der Waals surface area contributed by atoms with Gasteiger partial charge in [-0.2, -0.15) is 0 Å². The fourth-order valence-corrected chi connectivity index (χ4v) is 3.75. The predicted octanol–water partition coefficient (Wildman–Crippen LogP) is 2.63. The number of methoxy groups -OCH3 is 1. The minimum Gasteiger partial charge on any atom is -0.465 e. The van der Waals surface area contributed by atoms with Crippen molar-refractivity contribution < 1.29 is 18.7 Å². The van der Waals surface area contributed by atoms with Crippen LogP contribution in [0.4, 0.5) is 10.1 Å². The fraction of sp³-hybridized carbons (Fsp3) is 0.333. The fourth-order valence-electron chi connectivity index (χ4n) is 3.75. The van der Waals surface area contributed by atoms with E-state index in [2.05, 4.69) is 20.5 Å². The molecule has 9 heteroatoms. The van der Waals surface area contributed by atoms with E-state index < -0.39 is 5.97 Å². The Hall–Kier alpha value is -3.33. The highest BCUT2D eigenvalue weighted by molar-refractivity contribution is 5.95. The lowest BCUT2D eigenvalue weighted by Crippen LogP contribution is -2.39. The summed E-state index contributed by atoms with van der Waals surface area (Å²) in [6.45, 7) is 1.74. The zero-order valence-electron chi connectivity index (χ0n) is 16.5. The zero-order valence-corrected chi connectivity index (χ0v) is 16.5. The SMILES string of the molecule is COC(=O)c1cccc(NC(=O)CN2CCC(n3nnc4cc(F)ccc43)CC2)c1. The number of piperidine rings is 1. The second kappa shape index (κ2) is 8.58. The summed E-state index contributed by atoms with van der Waals surface area (Å²) in [5.74, 6) is -0.916. The minimum absolute atomic E-state index is 0.142. The third kappa shape index (κ3) is 4.30. The van der Waals surface area contributed by atoms with Gasteiger partial charge in [0.2, 0.25) is 5.91 Å². The van der Waals surface area contributed by atoms with Crippen LogP contribution in [-0.4, -0.2) is 58.5 Å². The number of esters is 1. The summed E-state index contributed by atoms with van der Waals surface area (Å²) < 4.78 is 19.9. The maximum atomic E-state index is 13.4. The maximum absolute atomic E-state index is 13.4. The number of carbonyl (C=O) groups excluding carboxylic acids is 2. The number of fused-ring (bicyclic) bond motifs is 1. The van der Waals surface area contributed by atoms with E-state index in [1.807, 2.05) is 4.68 Å². The molecule has 156 valence electrons. The topological polar surface area (TPSA) is 89.4 Å². The second-order valence-corrected chi connectivity index (χ2v) is 7.29. The van der Waals surface area contributed by atoms with Crippen LogP contribution in [0.5, 0.6) is 0 Å². The number of likely N-dealkylation sites (tertiary alicyclic amines) is 1. The third-order valence-electron chi connectivity index (χ3n) is 5.27. The number of amides is 1. The van der Waals surface area contributed by atoms with Gasteiger partial charge in [-0.3, -0.25) is 9.69 Å². The Balaban J connectivity index is 1.32. The number of halogens is 1. The molecule has 1 saturated heterocycles. The molecule has 1 aliphatic heterocycles. The number of nitrogens with one attached hydrogen (secondary N) is 1. The first-order chi connectivity index (χ1) is 14.5. The summed E-state index contributed by atoms with van der Waals surface area (Å²) in [6, 6.07) is 11.3.